The average Bonchev–Trinajstić information content (AvgIpc) is 3.21. The van der Waals surface area contributed by atoms with Crippen molar-refractivity contribution in [2.75, 3.05) is 38.3 Å². The van der Waals surface area contributed by atoms with Crippen LogP contribution in [0.5, 0.6) is 0 Å². The van der Waals surface area contributed by atoms with Gasteiger partial charge in [-0.1, -0.05) is 55.8 Å². The minimum atomic E-state index is -3.69. The van der Waals surface area contributed by atoms with E-state index in [9.17, 15) is 13.2 Å². The van der Waals surface area contributed by atoms with E-state index < -0.39 is 10.0 Å². The third-order valence-corrected chi connectivity index (χ3v) is 8.16. The zero-order chi connectivity index (χ0) is 26.6. The molecular weight excluding hydrogens is 484 g/mol. The van der Waals surface area contributed by atoms with Crippen molar-refractivity contribution in [1.82, 2.24) is 9.21 Å². The van der Waals surface area contributed by atoms with Gasteiger partial charge in [0.25, 0.3) is 5.91 Å². The number of amides is 1. The first-order valence-corrected chi connectivity index (χ1v) is 13.9. The van der Waals surface area contributed by atoms with E-state index >= 15 is 0 Å². The molecule has 0 aliphatic carbocycles. The molecule has 7 nitrogen and oxygen atoms in total. The van der Waals surface area contributed by atoms with Gasteiger partial charge in [0.05, 0.1) is 16.2 Å². The number of nitrogens with zero attached hydrogens (tertiary/aromatic N) is 2. The van der Waals surface area contributed by atoms with Gasteiger partial charge in [-0.15, -0.1) is 0 Å². The first-order chi connectivity index (χ1) is 17.7. The maximum Gasteiger partial charge on any atom is 0.258 e. The van der Waals surface area contributed by atoms with Gasteiger partial charge in [-0.05, 0) is 62.0 Å². The molecule has 1 aliphatic rings. The molecule has 37 heavy (non-hydrogen) atoms. The number of carbonyl (C=O) groups excluding carboxylic acids is 1. The first kappa shape index (κ1) is 26.6. The number of sulfonamides is 1. The summed E-state index contributed by atoms with van der Waals surface area (Å²) < 4.78 is 27.9. The van der Waals surface area contributed by atoms with Crippen molar-refractivity contribution in [2.24, 2.45) is 0 Å². The number of unbranched alkanes of at least 4 members (excludes halogenated alkanes) is 1. The van der Waals surface area contributed by atoms with Crippen LogP contribution in [0, 0.1) is 0 Å². The summed E-state index contributed by atoms with van der Waals surface area (Å²) in [5.41, 5.74) is 5.01. The molecule has 0 radical (unpaired) electrons. The first-order valence-electron chi connectivity index (χ1n) is 12.4. The van der Waals surface area contributed by atoms with E-state index in [0.29, 0.717) is 29.1 Å². The number of nitrogens with one attached hydrogen (secondary N) is 2. The van der Waals surface area contributed by atoms with Crippen LogP contribution in [-0.2, 0) is 21.4 Å². The van der Waals surface area contributed by atoms with Gasteiger partial charge in [-0.2, -0.15) is 0 Å². The second-order valence-corrected chi connectivity index (χ2v) is 11.6. The van der Waals surface area contributed by atoms with Gasteiger partial charge in [0.2, 0.25) is 10.0 Å². The van der Waals surface area contributed by atoms with Crippen LogP contribution in [0.3, 0.4) is 0 Å². The molecule has 3 aromatic rings. The Morgan fingerprint density at radius 3 is 2.30 bits per heavy atom. The molecule has 194 valence electrons. The number of benzene rings is 3. The third-order valence-electron chi connectivity index (χ3n) is 6.30. The standard InChI is InChI=1S/C29H34N4O3S/c1-5-6-18-33(4)37(35,36)24-16-17-26-25(19-24)27(29(34)31-26)28(22-10-8-7-9-11-22)30-23-14-12-21(13-15-23)20-32(2)3/h7-17,19,30H,5-6,18,20H2,1-4H3,(H,31,34)/b28-27-. The highest BCUT2D eigenvalue weighted by Gasteiger charge is 2.31. The molecule has 1 aliphatic heterocycles. The Bertz CT molecular complexity index is 1400. The second-order valence-electron chi connectivity index (χ2n) is 9.52. The van der Waals surface area contributed by atoms with Crippen LogP contribution in [-0.4, -0.2) is 51.2 Å². The number of hydrogen-bond donors (Lipinski definition) is 2. The zero-order valence-electron chi connectivity index (χ0n) is 21.8. The van der Waals surface area contributed by atoms with Crippen LogP contribution >= 0.6 is 0 Å². The van der Waals surface area contributed by atoms with Crippen LogP contribution in [0.2, 0.25) is 0 Å². The van der Waals surface area contributed by atoms with E-state index in [2.05, 4.69) is 27.7 Å². The summed E-state index contributed by atoms with van der Waals surface area (Å²) in [5.74, 6) is -0.278. The quantitative estimate of drug-likeness (QED) is 0.365. The normalized spacial score (nSPS) is 14.6. The number of rotatable bonds is 10. The van der Waals surface area contributed by atoms with Crippen molar-refractivity contribution in [3.8, 4) is 0 Å². The molecule has 0 atom stereocenters. The van der Waals surface area contributed by atoms with Crippen molar-refractivity contribution in [1.29, 1.82) is 0 Å². The molecule has 3 aromatic carbocycles. The van der Waals surface area contributed by atoms with Crippen LogP contribution < -0.4 is 10.6 Å². The zero-order valence-corrected chi connectivity index (χ0v) is 22.6. The lowest BCUT2D eigenvalue weighted by atomic mass is 10.00. The molecule has 1 amide bonds. The molecule has 0 unspecified atom stereocenters. The smallest absolute Gasteiger partial charge is 0.258 e. The molecule has 0 fully saturated rings. The fraction of sp³-hybridized carbons (Fsp3) is 0.276. The lowest BCUT2D eigenvalue weighted by molar-refractivity contribution is -0.110. The van der Waals surface area contributed by atoms with E-state index in [0.717, 1.165) is 30.6 Å². The number of hydrogen-bond acceptors (Lipinski definition) is 5. The fourth-order valence-electron chi connectivity index (χ4n) is 4.32. The molecule has 0 saturated heterocycles. The summed E-state index contributed by atoms with van der Waals surface area (Å²) in [6.45, 7) is 3.29. The lowest BCUT2D eigenvalue weighted by Gasteiger charge is -2.18. The summed E-state index contributed by atoms with van der Waals surface area (Å²) in [4.78, 5) is 15.5. The third kappa shape index (κ3) is 5.93. The van der Waals surface area contributed by atoms with Crippen molar-refractivity contribution >= 4 is 38.6 Å². The monoisotopic (exact) mass is 518 g/mol. The van der Waals surface area contributed by atoms with Gasteiger partial charge in [0, 0.05) is 37.1 Å². The van der Waals surface area contributed by atoms with Crippen LogP contribution in [0.4, 0.5) is 11.4 Å². The molecule has 4 rings (SSSR count). The Morgan fingerprint density at radius 2 is 1.65 bits per heavy atom. The Balaban J connectivity index is 1.80. The van der Waals surface area contributed by atoms with Crippen molar-refractivity contribution in [3.63, 3.8) is 0 Å². The van der Waals surface area contributed by atoms with E-state index in [-0.39, 0.29) is 10.8 Å². The van der Waals surface area contributed by atoms with Crippen molar-refractivity contribution < 1.29 is 13.2 Å². The molecule has 0 spiro atoms. The average molecular weight is 519 g/mol. The highest BCUT2D eigenvalue weighted by Crippen LogP contribution is 2.39. The van der Waals surface area contributed by atoms with Gasteiger partial charge < -0.3 is 15.5 Å². The minimum absolute atomic E-state index is 0.166. The second kappa shape index (κ2) is 11.3. The summed E-state index contributed by atoms with van der Waals surface area (Å²) in [6.07, 6.45) is 1.68. The topological polar surface area (TPSA) is 81.8 Å². The predicted octanol–water partition coefficient (Wildman–Crippen LogP) is 5.10. The Kier molecular flexibility index (Phi) is 8.12. The minimum Gasteiger partial charge on any atom is -0.354 e. The van der Waals surface area contributed by atoms with Gasteiger partial charge >= 0.3 is 0 Å². The Morgan fingerprint density at radius 1 is 0.946 bits per heavy atom. The number of carbonyl (C=O) groups is 1. The molecule has 0 saturated carbocycles. The maximum absolute atomic E-state index is 13.3. The lowest BCUT2D eigenvalue weighted by Crippen LogP contribution is -2.28. The summed E-state index contributed by atoms with van der Waals surface area (Å²) in [5, 5.41) is 6.35. The van der Waals surface area contributed by atoms with E-state index in [1.54, 1.807) is 25.2 Å². The molecule has 0 aromatic heterocycles. The highest BCUT2D eigenvalue weighted by molar-refractivity contribution is 7.89. The summed E-state index contributed by atoms with van der Waals surface area (Å²) >= 11 is 0. The Labute approximate surface area is 219 Å². The summed E-state index contributed by atoms with van der Waals surface area (Å²) in [6, 6.07) is 22.5. The van der Waals surface area contributed by atoms with E-state index in [1.807, 2.05) is 63.5 Å². The fourth-order valence-corrected chi connectivity index (χ4v) is 5.56. The molecule has 1 heterocycles. The Hall–Kier alpha value is -3.46. The van der Waals surface area contributed by atoms with Crippen LogP contribution in [0.15, 0.2) is 77.7 Å². The molecule has 8 heteroatoms. The van der Waals surface area contributed by atoms with E-state index in [1.165, 1.54) is 9.87 Å². The van der Waals surface area contributed by atoms with Gasteiger partial charge in [-0.3, -0.25) is 4.79 Å². The maximum atomic E-state index is 13.3. The van der Waals surface area contributed by atoms with Gasteiger partial charge in [0.15, 0.2) is 0 Å². The van der Waals surface area contributed by atoms with Crippen molar-refractivity contribution in [2.45, 2.75) is 31.2 Å². The highest BCUT2D eigenvalue weighted by atomic mass is 32.2. The number of anilines is 2. The molecule has 2 N–H and O–H groups in total. The van der Waals surface area contributed by atoms with Gasteiger partial charge in [0.1, 0.15) is 0 Å². The summed E-state index contributed by atoms with van der Waals surface area (Å²) in [7, 11) is 1.95. The van der Waals surface area contributed by atoms with E-state index in [4.69, 9.17) is 0 Å². The van der Waals surface area contributed by atoms with Crippen molar-refractivity contribution in [3.05, 3.63) is 89.5 Å². The molecular formula is C29H34N4O3S. The number of fused-ring (bicyclic) bond motifs is 1. The van der Waals surface area contributed by atoms with Crippen LogP contribution in [0.25, 0.3) is 11.3 Å². The predicted molar refractivity (Wildman–Crippen MR) is 151 cm³/mol. The van der Waals surface area contributed by atoms with Crippen LogP contribution in [0.1, 0.15) is 36.5 Å². The SMILES string of the molecule is CCCCN(C)S(=O)(=O)c1ccc2c(c1)/C(=C(/Nc1ccc(CN(C)C)cc1)c1ccccc1)C(=O)N2. The van der Waals surface area contributed by atoms with Gasteiger partial charge in [-0.25, -0.2) is 12.7 Å². The largest absolute Gasteiger partial charge is 0.354 e. The molecule has 0 bridgehead atoms.